The molecule has 0 aliphatic heterocycles. The van der Waals surface area contributed by atoms with E-state index in [2.05, 4.69) is 9.93 Å². The van der Waals surface area contributed by atoms with Crippen LogP contribution in [0.4, 0.5) is 11.4 Å². The van der Waals surface area contributed by atoms with Crippen molar-refractivity contribution in [3.63, 3.8) is 0 Å². The molecule has 0 fully saturated rings. The van der Waals surface area contributed by atoms with Crippen molar-refractivity contribution in [3.05, 3.63) is 92.0 Å². The molecule has 12 nitrogen and oxygen atoms in total. The Kier molecular flexibility index (Phi) is 7.06. The van der Waals surface area contributed by atoms with Crippen LogP contribution in [0.2, 0.25) is 0 Å². The number of benzene rings is 3. The largest absolute Gasteiger partial charge is 0.493 e. The zero-order valence-corrected chi connectivity index (χ0v) is 18.7. The summed E-state index contributed by atoms with van der Waals surface area (Å²) in [6, 6.07) is 13.6. The third-order valence-corrected chi connectivity index (χ3v) is 5.71. The molecule has 0 atom stereocenters. The van der Waals surface area contributed by atoms with Gasteiger partial charge in [-0.1, -0.05) is 17.7 Å². The van der Waals surface area contributed by atoms with Gasteiger partial charge in [0.25, 0.3) is 15.7 Å². The Balaban J connectivity index is 1.86. The first-order valence-electron chi connectivity index (χ1n) is 9.51. The van der Waals surface area contributed by atoms with Crippen molar-refractivity contribution in [1.82, 2.24) is 4.83 Å². The second kappa shape index (κ2) is 9.95. The van der Waals surface area contributed by atoms with E-state index in [0.717, 1.165) is 23.8 Å². The average molecular weight is 486 g/mol. The van der Waals surface area contributed by atoms with Gasteiger partial charge in [-0.2, -0.15) is 13.5 Å². The number of rotatable bonds is 9. The zero-order chi connectivity index (χ0) is 24.9. The van der Waals surface area contributed by atoms with Crippen molar-refractivity contribution in [2.75, 3.05) is 7.11 Å². The number of sulfonamides is 1. The normalized spacial score (nSPS) is 11.2. The molecule has 0 aliphatic carbocycles. The summed E-state index contributed by atoms with van der Waals surface area (Å²) in [6.07, 6.45) is 1.21. The predicted molar refractivity (Wildman–Crippen MR) is 122 cm³/mol. The van der Waals surface area contributed by atoms with Gasteiger partial charge in [0.05, 0.1) is 34.1 Å². The molecule has 34 heavy (non-hydrogen) atoms. The average Bonchev–Trinajstić information content (AvgIpc) is 2.79. The topological polar surface area (TPSA) is 163 Å². The highest BCUT2D eigenvalue weighted by atomic mass is 32.2. The summed E-state index contributed by atoms with van der Waals surface area (Å²) in [4.78, 5) is 22.9. The molecule has 3 aromatic rings. The van der Waals surface area contributed by atoms with Crippen LogP contribution in [0, 0.1) is 27.2 Å². The van der Waals surface area contributed by atoms with Crippen LogP contribution < -0.4 is 14.3 Å². The number of aryl methyl sites for hydroxylation is 1. The molecular weight excluding hydrogens is 468 g/mol. The monoisotopic (exact) mass is 486 g/mol. The van der Waals surface area contributed by atoms with Gasteiger partial charge in [-0.3, -0.25) is 20.2 Å². The Bertz CT molecular complexity index is 1370. The Hall–Kier alpha value is -4.52. The third-order valence-electron chi connectivity index (χ3n) is 4.48. The Morgan fingerprint density at radius 2 is 1.59 bits per heavy atom. The van der Waals surface area contributed by atoms with Crippen LogP contribution in [0.3, 0.4) is 0 Å². The first-order chi connectivity index (χ1) is 16.1. The first kappa shape index (κ1) is 24.1. The van der Waals surface area contributed by atoms with Gasteiger partial charge < -0.3 is 9.47 Å². The number of hydrazone groups is 1. The summed E-state index contributed by atoms with van der Waals surface area (Å²) in [5.74, 6) is 0.0119. The van der Waals surface area contributed by atoms with Gasteiger partial charge in [0.2, 0.25) is 5.75 Å². The summed E-state index contributed by atoms with van der Waals surface area (Å²) in [7, 11) is -2.52. The molecule has 0 radical (unpaired) electrons. The fraction of sp³-hybridized carbons (Fsp3) is 0.0952. The SMILES string of the molecule is COc1ccc(/C=N\NS(=O)(=O)c2ccc(C)cc2)cc1Oc1ccc([N+](=O)[O-])cc1[N+](=O)[O-]. The molecule has 0 heterocycles. The van der Waals surface area contributed by atoms with Crippen LogP contribution in [-0.4, -0.2) is 31.6 Å². The molecule has 0 spiro atoms. The molecular formula is C21H18N4O8S. The second-order valence-electron chi connectivity index (χ2n) is 6.84. The number of nitro groups is 2. The smallest absolute Gasteiger partial charge is 0.318 e. The summed E-state index contributed by atoms with van der Waals surface area (Å²) in [5, 5.41) is 26.0. The minimum atomic E-state index is -3.88. The van der Waals surface area contributed by atoms with Gasteiger partial charge in [-0.15, -0.1) is 0 Å². The fourth-order valence-electron chi connectivity index (χ4n) is 2.76. The Labute approximate surface area is 193 Å². The van der Waals surface area contributed by atoms with E-state index in [1.807, 2.05) is 6.92 Å². The van der Waals surface area contributed by atoms with Gasteiger partial charge >= 0.3 is 5.69 Å². The molecule has 0 bridgehead atoms. The van der Waals surface area contributed by atoms with E-state index < -0.39 is 31.2 Å². The number of ether oxygens (including phenoxy) is 2. The maximum absolute atomic E-state index is 12.3. The summed E-state index contributed by atoms with van der Waals surface area (Å²) in [6.45, 7) is 1.83. The lowest BCUT2D eigenvalue weighted by Gasteiger charge is -2.11. The minimum absolute atomic E-state index is 0.0412. The van der Waals surface area contributed by atoms with E-state index in [4.69, 9.17) is 9.47 Å². The van der Waals surface area contributed by atoms with Crippen molar-refractivity contribution in [2.45, 2.75) is 11.8 Å². The van der Waals surface area contributed by atoms with E-state index in [1.54, 1.807) is 18.2 Å². The lowest BCUT2D eigenvalue weighted by Crippen LogP contribution is -2.18. The number of nitrogens with one attached hydrogen (secondary N) is 1. The molecule has 0 amide bonds. The van der Waals surface area contributed by atoms with Crippen LogP contribution in [0.15, 0.2) is 70.7 Å². The van der Waals surface area contributed by atoms with Gasteiger partial charge in [0, 0.05) is 6.07 Å². The number of methoxy groups -OCH3 is 1. The van der Waals surface area contributed by atoms with Crippen LogP contribution in [-0.2, 0) is 10.0 Å². The van der Waals surface area contributed by atoms with Crippen LogP contribution in [0.25, 0.3) is 0 Å². The number of nitrogens with zero attached hydrogens (tertiary/aromatic N) is 3. The van der Waals surface area contributed by atoms with E-state index >= 15 is 0 Å². The molecule has 176 valence electrons. The van der Waals surface area contributed by atoms with Gasteiger partial charge in [0.1, 0.15) is 0 Å². The van der Waals surface area contributed by atoms with Crippen LogP contribution >= 0.6 is 0 Å². The molecule has 0 aliphatic rings. The van der Waals surface area contributed by atoms with Crippen molar-refractivity contribution in [2.24, 2.45) is 5.10 Å². The van der Waals surface area contributed by atoms with Crippen molar-refractivity contribution >= 4 is 27.6 Å². The molecule has 0 saturated carbocycles. The minimum Gasteiger partial charge on any atom is -0.493 e. The summed E-state index contributed by atoms with van der Waals surface area (Å²) in [5.41, 5.74) is 0.211. The van der Waals surface area contributed by atoms with Crippen LogP contribution in [0.5, 0.6) is 17.2 Å². The van der Waals surface area contributed by atoms with E-state index in [1.165, 1.54) is 37.6 Å². The molecule has 13 heteroatoms. The van der Waals surface area contributed by atoms with E-state index in [-0.39, 0.29) is 22.1 Å². The lowest BCUT2D eigenvalue weighted by molar-refractivity contribution is -0.394. The highest BCUT2D eigenvalue weighted by Crippen LogP contribution is 2.38. The highest BCUT2D eigenvalue weighted by molar-refractivity contribution is 7.89. The predicted octanol–water partition coefficient (Wildman–Crippen LogP) is 3.92. The Morgan fingerprint density at radius 1 is 0.912 bits per heavy atom. The zero-order valence-electron chi connectivity index (χ0n) is 17.9. The van der Waals surface area contributed by atoms with Crippen molar-refractivity contribution in [3.8, 4) is 17.2 Å². The fourth-order valence-corrected chi connectivity index (χ4v) is 3.55. The quantitative estimate of drug-likeness (QED) is 0.270. The molecule has 0 saturated heterocycles. The van der Waals surface area contributed by atoms with Crippen molar-refractivity contribution < 1.29 is 27.7 Å². The van der Waals surface area contributed by atoms with Gasteiger partial charge in [-0.25, -0.2) is 4.83 Å². The second-order valence-corrected chi connectivity index (χ2v) is 8.51. The molecule has 0 unspecified atom stereocenters. The highest BCUT2D eigenvalue weighted by Gasteiger charge is 2.22. The molecule has 0 aromatic heterocycles. The lowest BCUT2D eigenvalue weighted by atomic mass is 10.2. The standard InChI is InChI=1S/C21H18N4O8S/c1-14-3-7-17(8-4-14)34(30,31)23-22-13-15-5-9-20(32-2)21(11-15)33-19-10-6-16(24(26)27)12-18(19)25(28)29/h3-13,23H,1-2H3/b22-13-. The molecule has 3 aromatic carbocycles. The number of hydrogen-bond donors (Lipinski definition) is 1. The van der Waals surface area contributed by atoms with Gasteiger partial charge in [-0.05, 0) is 48.9 Å². The van der Waals surface area contributed by atoms with Crippen molar-refractivity contribution in [1.29, 1.82) is 0 Å². The summed E-state index contributed by atoms with van der Waals surface area (Å²) >= 11 is 0. The summed E-state index contributed by atoms with van der Waals surface area (Å²) < 4.78 is 35.5. The molecule has 3 rings (SSSR count). The number of hydrogen-bond acceptors (Lipinski definition) is 9. The van der Waals surface area contributed by atoms with Gasteiger partial charge in [0.15, 0.2) is 11.5 Å². The number of non-ortho nitro benzene ring substituents is 1. The third kappa shape index (κ3) is 5.63. The first-order valence-corrected chi connectivity index (χ1v) is 11.0. The maximum Gasteiger partial charge on any atom is 0.318 e. The van der Waals surface area contributed by atoms with Crippen LogP contribution in [0.1, 0.15) is 11.1 Å². The number of nitro benzene ring substituents is 2. The Morgan fingerprint density at radius 3 is 2.21 bits per heavy atom. The maximum atomic E-state index is 12.3. The van der Waals surface area contributed by atoms with E-state index in [0.29, 0.717) is 5.56 Å². The molecule has 1 N–H and O–H groups in total. The van der Waals surface area contributed by atoms with E-state index in [9.17, 15) is 28.6 Å².